The zero-order valence-electron chi connectivity index (χ0n) is 20.1. The summed E-state index contributed by atoms with van der Waals surface area (Å²) in [6, 6.07) is 7.77. The van der Waals surface area contributed by atoms with E-state index in [1.165, 1.54) is 18.3 Å². The topological polar surface area (TPSA) is 118 Å². The molecule has 1 saturated heterocycles. The molecule has 0 radical (unpaired) electrons. The molecule has 1 N–H and O–H groups in total. The number of pyridine rings is 2. The quantitative estimate of drug-likeness (QED) is 0.459. The number of amides is 1. The van der Waals surface area contributed by atoms with Gasteiger partial charge in [0.25, 0.3) is 0 Å². The smallest absolute Gasteiger partial charge is 0.326 e. The lowest BCUT2D eigenvalue weighted by Crippen LogP contribution is -2.46. The summed E-state index contributed by atoms with van der Waals surface area (Å²) < 4.78 is 41.9. The second-order valence-corrected chi connectivity index (χ2v) is 12.6. The van der Waals surface area contributed by atoms with Gasteiger partial charge in [-0.15, -0.1) is 0 Å². The van der Waals surface area contributed by atoms with Crippen molar-refractivity contribution < 1.29 is 27.5 Å². The fourth-order valence-electron chi connectivity index (χ4n) is 5.07. The Labute approximate surface area is 228 Å². The highest BCUT2D eigenvalue weighted by Crippen LogP contribution is 2.51. The maximum absolute atomic E-state index is 14.7. The number of nitrogens with zero attached hydrogens (tertiary/aromatic N) is 3. The number of sulfone groups is 1. The molecule has 2 aromatic heterocycles. The summed E-state index contributed by atoms with van der Waals surface area (Å²) in [6.07, 6.45) is 3.07. The van der Waals surface area contributed by atoms with Crippen molar-refractivity contribution in [2.45, 2.75) is 47.8 Å². The van der Waals surface area contributed by atoms with Crippen molar-refractivity contribution in [1.82, 2.24) is 14.9 Å². The molecule has 2 fully saturated rings. The maximum atomic E-state index is 14.7. The number of aryl methyl sites for hydroxylation is 1. The summed E-state index contributed by atoms with van der Waals surface area (Å²) >= 11 is 12.2. The molecule has 1 amide bonds. The third kappa shape index (κ3) is 4.44. The van der Waals surface area contributed by atoms with E-state index in [9.17, 15) is 27.5 Å². The average molecular weight is 578 g/mol. The standard InChI is InChI=1S/C26H22Cl2FN3O5S/c1-14-18(3-2-8-30-14)15-4-5-22(19(28)9-15)38(36,37)17-11-21(24(33)34)32(13-17)25(35)26(6-7-26)23-20(29)10-16(27)12-31-23/h2-5,8-10,12,17,21H,6-7,11,13H2,1H3,(H,33,34)/t17-,21+/m1/s1. The molecule has 38 heavy (non-hydrogen) atoms. The Kier molecular flexibility index (Phi) is 6.69. The summed E-state index contributed by atoms with van der Waals surface area (Å²) in [5.74, 6) is -2.77. The molecule has 1 saturated carbocycles. The van der Waals surface area contributed by atoms with Crippen LogP contribution in [0.1, 0.15) is 30.7 Å². The van der Waals surface area contributed by atoms with Crippen molar-refractivity contribution in [2.75, 3.05) is 6.54 Å². The lowest BCUT2D eigenvalue weighted by molar-refractivity contribution is -0.149. The van der Waals surface area contributed by atoms with E-state index in [-0.39, 0.29) is 46.4 Å². The molecule has 1 aliphatic heterocycles. The van der Waals surface area contributed by atoms with E-state index in [1.807, 2.05) is 13.0 Å². The number of carboxylic acid groups (broad SMARTS) is 1. The molecule has 0 spiro atoms. The van der Waals surface area contributed by atoms with Gasteiger partial charge in [-0.1, -0.05) is 35.3 Å². The first-order valence-electron chi connectivity index (χ1n) is 11.8. The van der Waals surface area contributed by atoms with Gasteiger partial charge >= 0.3 is 5.97 Å². The molecule has 3 heterocycles. The van der Waals surface area contributed by atoms with Crippen molar-refractivity contribution >= 4 is 44.9 Å². The van der Waals surface area contributed by atoms with Gasteiger partial charge in [0.15, 0.2) is 9.84 Å². The second kappa shape index (κ2) is 9.59. The van der Waals surface area contributed by atoms with Gasteiger partial charge in [-0.05, 0) is 56.0 Å². The van der Waals surface area contributed by atoms with Crippen LogP contribution >= 0.6 is 23.2 Å². The van der Waals surface area contributed by atoms with Crippen LogP contribution in [0.25, 0.3) is 11.1 Å². The van der Waals surface area contributed by atoms with Crippen LogP contribution in [0.3, 0.4) is 0 Å². The van der Waals surface area contributed by atoms with E-state index in [1.54, 1.807) is 18.3 Å². The molecule has 1 aromatic carbocycles. The summed E-state index contributed by atoms with van der Waals surface area (Å²) in [7, 11) is -4.13. The number of hydrogen-bond acceptors (Lipinski definition) is 6. The molecule has 3 aromatic rings. The molecule has 5 rings (SSSR count). The lowest BCUT2D eigenvalue weighted by atomic mass is 9.98. The lowest BCUT2D eigenvalue weighted by Gasteiger charge is -2.26. The minimum atomic E-state index is -4.13. The molecule has 1 aliphatic carbocycles. The van der Waals surface area contributed by atoms with Gasteiger partial charge in [-0.25, -0.2) is 17.6 Å². The van der Waals surface area contributed by atoms with Crippen molar-refractivity contribution in [3.8, 4) is 11.1 Å². The molecular weight excluding hydrogens is 556 g/mol. The summed E-state index contributed by atoms with van der Waals surface area (Å²) in [4.78, 5) is 34.8. The average Bonchev–Trinajstić information content (AvgIpc) is 3.52. The predicted octanol–water partition coefficient (Wildman–Crippen LogP) is 4.46. The van der Waals surface area contributed by atoms with Crippen LogP contribution in [-0.2, 0) is 24.8 Å². The highest BCUT2D eigenvalue weighted by Gasteiger charge is 2.59. The van der Waals surface area contributed by atoms with Gasteiger partial charge in [-0.3, -0.25) is 14.8 Å². The Hall–Kier alpha value is -3.08. The predicted molar refractivity (Wildman–Crippen MR) is 138 cm³/mol. The van der Waals surface area contributed by atoms with Crippen LogP contribution in [0.15, 0.2) is 53.7 Å². The number of aliphatic carboxylic acids is 1. The number of hydrogen-bond donors (Lipinski definition) is 1. The Morgan fingerprint density at radius 1 is 1.16 bits per heavy atom. The van der Waals surface area contributed by atoms with Crippen molar-refractivity contribution in [1.29, 1.82) is 0 Å². The van der Waals surface area contributed by atoms with Crippen molar-refractivity contribution in [2.24, 2.45) is 0 Å². The molecule has 0 bridgehead atoms. The molecule has 12 heteroatoms. The zero-order valence-corrected chi connectivity index (χ0v) is 22.4. The van der Waals surface area contributed by atoms with E-state index in [4.69, 9.17) is 23.2 Å². The first-order chi connectivity index (χ1) is 18.0. The number of benzene rings is 1. The number of aromatic nitrogens is 2. The molecule has 198 valence electrons. The van der Waals surface area contributed by atoms with Gasteiger partial charge < -0.3 is 10.0 Å². The van der Waals surface area contributed by atoms with Gasteiger partial charge in [-0.2, -0.15) is 0 Å². The molecular formula is C26H22Cl2FN3O5S. The SMILES string of the molecule is Cc1ncccc1-c1ccc(S(=O)(=O)[C@@H]2C[C@@H](C(=O)O)N(C(=O)C3(c4ncc(Cl)cc4F)CC3)C2)c(Cl)c1. The summed E-state index contributed by atoms with van der Waals surface area (Å²) in [5.41, 5.74) is 0.752. The zero-order chi connectivity index (χ0) is 27.4. The minimum Gasteiger partial charge on any atom is -0.480 e. The Balaban J connectivity index is 1.45. The normalized spacial score (nSPS) is 20.4. The number of rotatable bonds is 6. The second-order valence-electron chi connectivity index (χ2n) is 9.56. The van der Waals surface area contributed by atoms with Gasteiger partial charge in [0.2, 0.25) is 5.91 Å². The first-order valence-corrected chi connectivity index (χ1v) is 14.1. The highest BCUT2D eigenvalue weighted by atomic mass is 35.5. The van der Waals surface area contributed by atoms with E-state index in [0.717, 1.165) is 22.2 Å². The molecule has 8 nitrogen and oxygen atoms in total. The number of halogens is 3. The molecule has 2 aliphatic rings. The Bertz CT molecular complexity index is 1580. The van der Waals surface area contributed by atoms with Crippen LogP contribution in [0.2, 0.25) is 10.0 Å². The van der Waals surface area contributed by atoms with E-state index < -0.39 is 44.2 Å². The van der Waals surface area contributed by atoms with Gasteiger partial charge in [0.05, 0.1) is 31.3 Å². The Morgan fingerprint density at radius 2 is 1.89 bits per heavy atom. The van der Waals surface area contributed by atoms with Crippen molar-refractivity contribution in [3.05, 3.63) is 76.0 Å². The van der Waals surface area contributed by atoms with Crippen LogP contribution < -0.4 is 0 Å². The maximum Gasteiger partial charge on any atom is 0.326 e. The number of carboxylic acids is 1. The number of carbonyl (C=O) groups is 2. The molecule has 2 atom stereocenters. The van der Waals surface area contributed by atoms with Crippen LogP contribution in [0.5, 0.6) is 0 Å². The van der Waals surface area contributed by atoms with E-state index >= 15 is 0 Å². The number of likely N-dealkylation sites (tertiary alicyclic amines) is 1. The van der Waals surface area contributed by atoms with Gasteiger partial charge in [0, 0.05) is 30.2 Å². The van der Waals surface area contributed by atoms with Gasteiger partial charge in [0.1, 0.15) is 11.9 Å². The van der Waals surface area contributed by atoms with E-state index in [0.29, 0.717) is 5.56 Å². The minimum absolute atomic E-state index is 0.0199. The van der Waals surface area contributed by atoms with Crippen LogP contribution in [0.4, 0.5) is 4.39 Å². The highest BCUT2D eigenvalue weighted by molar-refractivity contribution is 7.92. The largest absolute Gasteiger partial charge is 0.480 e. The summed E-state index contributed by atoms with van der Waals surface area (Å²) in [6.45, 7) is 1.46. The fraction of sp³-hybridized carbons (Fsp3) is 0.308. The van der Waals surface area contributed by atoms with E-state index in [2.05, 4.69) is 9.97 Å². The fourth-order valence-corrected chi connectivity index (χ4v) is 7.46. The first kappa shape index (κ1) is 26.5. The Morgan fingerprint density at radius 3 is 2.50 bits per heavy atom. The third-order valence-electron chi connectivity index (χ3n) is 7.22. The number of carbonyl (C=O) groups excluding carboxylic acids is 1. The molecule has 0 unspecified atom stereocenters. The van der Waals surface area contributed by atoms with Crippen LogP contribution in [-0.4, -0.2) is 58.1 Å². The summed E-state index contributed by atoms with van der Waals surface area (Å²) in [5, 5.41) is 8.68. The van der Waals surface area contributed by atoms with Crippen LogP contribution in [0, 0.1) is 12.7 Å². The monoisotopic (exact) mass is 577 g/mol. The third-order valence-corrected chi connectivity index (χ3v) is 10.0. The van der Waals surface area contributed by atoms with Crippen molar-refractivity contribution in [3.63, 3.8) is 0 Å².